The van der Waals surface area contributed by atoms with Crippen LogP contribution >= 0.6 is 11.6 Å². The minimum atomic E-state index is -1.39. The average molecular weight is 574 g/mol. The number of Topliss-reactive ketones (excluding diaryl/α,β-unsaturated/α-hetero) is 1. The molecule has 218 valence electrons. The summed E-state index contributed by atoms with van der Waals surface area (Å²) in [6, 6.07) is 1.63. The first-order valence-electron chi connectivity index (χ1n) is 14.3. The van der Waals surface area contributed by atoms with E-state index in [4.69, 9.17) is 26.7 Å². The lowest BCUT2D eigenvalue weighted by Crippen LogP contribution is -2.63. The Morgan fingerprint density at radius 3 is 2.70 bits per heavy atom. The zero-order valence-corrected chi connectivity index (χ0v) is 24.5. The fourth-order valence-corrected chi connectivity index (χ4v) is 9.35. The molecule has 0 amide bonds. The number of aliphatic hydroxyl groups excluding tert-OH is 1. The number of carbonyl (C=O) groups is 2. The number of hydrogen-bond donors (Lipinski definition) is 4. The fourth-order valence-electron chi connectivity index (χ4n) is 9.05. The van der Waals surface area contributed by atoms with Crippen LogP contribution < -0.4 is 15.9 Å². The quantitative estimate of drug-likeness (QED) is 0.300. The van der Waals surface area contributed by atoms with Crippen molar-refractivity contribution in [1.82, 2.24) is 0 Å². The molecule has 10 heteroatoms. The number of hydrogen-bond acceptors (Lipinski definition) is 7. The lowest BCUT2D eigenvalue weighted by Gasteiger charge is -2.63. The number of benzene rings is 1. The molecule has 3 fully saturated rings. The number of ether oxygens (including phenoxy) is 1. The SMILES string of the molecule is C=C[C@]1(C)C[C@@H](C(Oc2cc(CN)c3c(c2Cl)B(O)OC3)C(=O)O)[C@@]2(C)[C@H](C)CC[C@]3(CCC(=O)[C@H]32)[C@@H](C)[C@@H]1O. The van der Waals surface area contributed by atoms with Crippen LogP contribution in [0.2, 0.25) is 5.02 Å². The molecule has 1 heterocycles. The summed E-state index contributed by atoms with van der Waals surface area (Å²) in [5.74, 6) is -2.13. The molecule has 5 rings (SSSR count). The number of carboxylic acid groups (broad SMARTS) is 1. The van der Waals surface area contributed by atoms with Crippen molar-refractivity contribution in [1.29, 1.82) is 0 Å². The van der Waals surface area contributed by atoms with Gasteiger partial charge in [0.15, 0.2) is 6.10 Å². The first-order valence-corrected chi connectivity index (χ1v) is 14.7. The maximum absolute atomic E-state index is 13.7. The maximum Gasteiger partial charge on any atom is 0.493 e. The number of rotatable bonds is 6. The third-order valence-corrected chi connectivity index (χ3v) is 12.0. The Morgan fingerprint density at radius 2 is 2.08 bits per heavy atom. The molecule has 0 radical (unpaired) electrons. The predicted octanol–water partition coefficient (Wildman–Crippen LogP) is 3.46. The van der Waals surface area contributed by atoms with Gasteiger partial charge >= 0.3 is 13.1 Å². The van der Waals surface area contributed by atoms with E-state index in [0.29, 0.717) is 29.4 Å². The zero-order chi connectivity index (χ0) is 29.4. The minimum absolute atomic E-state index is 0.0324. The van der Waals surface area contributed by atoms with Crippen LogP contribution in [0.25, 0.3) is 0 Å². The first kappa shape index (κ1) is 29.6. The molecule has 3 saturated carbocycles. The molecule has 1 aliphatic heterocycles. The standard InChI is InChI=1S/C30H41BClNO7/c1-6-28(4)12-19(29(5)15(2)7-9-30(16(3)26(28)35)10-8-20(34)25(29)30)24(27(36)37)40-21-11-17(13-33)18-14-39-31(38)22(18)23(21)32/h6,11,15-16,19,24-26,35,38H,1,7-10,12-14,33H2,2-5H3,(H,36,37)/t15-,16+,19+,24?,25+,26+,28-,29-,30+/m1/s1. The van der Waals surface area contributed by atoms with E-state index < -0.39 is 53.4 Å². The van der Waals surface area contributed by atoms with Crippen molar-refractivity contribution in [2.45, 2.75) is 85.2 Å². The summed E-state index contributed by atoms with van der Waals surface area (Å²) in [6.45, 7) is 12.5. The topological polar surface area (TPSA) is 139 Å². The summed E-state index contributed by atoms with van der Waals surface area (Å²) >= 11 is 6.72. The Morgan fingerprint density at radius 1 is 1.38 bits per heavy atom. The Kier molecular flexibility index (Phi) is 7.49. The second kappa shape index (κ2) is 10.1. The third-order valence-electron chi connectivity index (χ3n) is 11.6. The molecular formula is C30H41BClNO7. The van der Waals surface area contributed by atoms with E-state index in [0.717, 1.165) is 12.8 Å². The van der Waals surface area contributed by atoms with Crippen molar-refractivity contribution >= 4 is 35.9 Å². The van der Waals surface area contributed by atoms with Gasteiger partial charge in [0.2, 0.25) is 0 Å². The van der Waals surface area contributed by atoms with Crippen LogP contribution in [0.5, 0.6) is 5.75 Å². The molecular weight excluding hydrogens is 533 g/mol. The molecule has 1 unspecified atom stereocenters. The second-order valence-corrected chi connectivity index (χ2v) is 13.6. The van der Waals surface area contributed by atoms with Crippen LogP contribution in [0.1, 0.15) is 70.9 Å². The van der Waals surface area contributed by atoms with Crippen LogP contribution in [0.3, 0.4) is 0 Å². The Labute approximate surface area is 241 Å². The molecule has 8 nitrogen and oxygen atoms in total. The van der Waals surface area contributed by atoms with Gasteiger partial charge in [-0.25, -0.2) is 4.79 Å². The van der Waals surface area contributed by atoms with Gasteiger partial charge in [0, 0.05) is 35.7 Å². The fraction of sp³-hybridized carbons (Fsp3) is 0.667. The predicted molar refractivity (Wildman–Crippen MR) is 152 cm³/mol. The first-order chi connectivity index (χ1) is 18.8. The van der Waals surface area contributed by atoms with Crippen molar-refractivity contribution in [3.05, 3.63) is 34.9 Å². The zero-order valence-electron chi connectivity index (χ0n) is 23.8. The molecule has 1 aromatic carbocycles. The highest BCUT2D eigenvalue weighted by atomic mass is 35.5. The van der Waals surface area contributed by atoms with Gasteiger partial charge in [0.25, 0.3) is 0 Å². The Bertz CT molecular complexity index is 1240. The molecule has 4 aliphatic rings. The smallest absolute Gasteiger partial charge is 0.478 e. The van der Waals surface area contributed by atoms with E-state index in [-0.39, 0.29) is 48.0 Å². The minimum Gasteiger partial charge on any atom is -0.478 e. The van der Waals surface area contributed by atoms with Crippen LogP contribution in [-0.4, -0.2) is 46.3 Å². The maximum atomic E-state index is 13.7. The number of nitrogens with two attached hydrogens (primary N) is 1. The number of aliphatic hydroxyl groups is 1. The van der Waals surface area contributed by atoms with Gasteiger partial charge < -0.3 is 30.4 Å². The normalized spacial score (nSPS) is 39.6. The average Bonchev–Trinajstić information content (AvgIpc) is 3.49. The summed E-state index contributed by atoms with van der Waals surface area (Å²) in [6.07, 6.45) is 2.54. The van der Waals surface area contributed by atoms with Gasteiger partial charge in [-0.2, -0.15) is 0 Å². The molecule has 0 aromatic heterocycles. The summed E-state index contributed by atoms with van der Waals surface area (Å²) < 4.78 is 11.7. The summed E-state index contributed by atoms with van der Waals surface area (Å²) in [5.41, 5.74) is 5.68. The highest BCUT2D eigenvalue weighted by Crippen LogP contribution is 2.69. The molecule has 2 bridgehead atoms. The Hall–Kier alpha value is -1.91. The van der Waals surface area contributed by atoms with E-state index in [1.54, 1.807) is 12.1 Å². The largest absolute Gasteiger partial charge is 0.493 e. The van der Waals surface area contributed by atoms with Gasteiger partial charge in [0.05, 0.1) is 17.7 Å². The number of carbonyl (C=O) groups excluding carboxylic acids is 1. The number of fused-ring (bicyclic) bond motifs is 1. The van der Waals surface area contributed by atoms with Crippen molar-refractivity contribution in [3.63, 3.8) is 0 Å². The number of halogens is 1. The third kappa shape index (κ3) is 4.03. The molecule has 9 atom stereocenters. The molecule has 3 aliphatic carbocycles. The highest BCUT2D eigenvalue weighted by Gasteiger charge is 2.69. The Balaban J connectivity index is 1.69. The summed E-state index contributed by atoms with van der Waals surface area (Å²) in [5, 5.41) is 33.1. The number of carboxylic acids is 1. The van der Waals surface area contributed by atoms with Crippen LogP contribution in [0, 0.1) is 39.9 Å². The van der Waals surface area contributed by atoms with Crippen molar-refractivity contribution in [2.24, 2.45) is 45.7 Å². The van der Waals surface area contributed by atoms with Crippen molar-refractivity contribution < 1.29 is 34.2 Å². The van der Waals surface area contributed by atoms with E-state index in [1.165, 1.54) is 0 Å². The van der Waals surface area contributed by atoms with Crippen LogP contribution in [0.4, 0.5) is 0 Å². The number of ketones is 1. The second-order valence-electron chi connectivity index (χ2n) is 13.2. The van der Waals surface area contributed by atoms with E-state index in [1.807, 2.05) is 13.8 Å². The monoisotopic (exact) mass is 573 g/mol. The lowest BCUT2D eigenvalue weighted by atomic mass is 9.41. The number of aliphatic carboxylic acids is 1. The summed E-state index contributed by atoms with van der Waals surface area (Å²) in [4.78, 5) is 26.9. The van der Waals surface area contributed by atoms with Gasteiger partial charge in [-0.3, -0.25) is 4.79 Å². The molecule has 0 spiro atoms. The van der Waals surface area contributed by atoms with Gasteiger partial charge in [-0.05, 0) is 65.5 Å². The molecule has 5 N–H and O–H groups in total. The summed E-state index contributed by atoms with van der Waals surface area (Å²) in [7, 11) is -1.27. The van der Waals surface area contributed by atoms with Crippen LogP contribution in [0.15, 0.2) is 18.7 Å². The van der Waals surface area contributed by atoms with Gasteiger partial charge in [-0.15, -0.1) is 6.58 Å². The van der Waals surface area contributed by atoms with Crippen molar-refractivity contribution in [2.75, 3.05) is 0 Å². The van der Waals surface area contributed by atoms with Crippen LogP contribution in [-0.2, 0) is 27.4 Å². The molecule has 40 heavy (non-hydrogen) atoms. The van der Waals surface area contributed by atoms with Gasteiger partial charge in [0.1, 0.15) is 11.5 Å². The van der Waals surface area contributed by atoms with E-state index in [2.05, 4.69) is 20.4 Å². The van der Waals surface area contributed by atoms with E-state index >= 15 is 0 Å². The molecule has 0 saturated heterocycles. The van der Waals surface area contributed by atoms with Crippen molar-refractivity contribution in [3.8, 4) is 5.75 Å². The van der Waals surface area contributed by atoms with E-state index in [9.17, 15) is 24.8 Å². The molecule has 1 aromatic rings. The van der Waals surface area contributed by atoms with Gasteiger partial charge in [-0.1, -0.05) is 45.4 Å². The lowest BCUT2D eigenvalue weighted by molar-refractivity contribution is -0.193. The highest BCUT2D eigenvalue weighted by molar-refractivity contribution is 6.65.